The van der Waals surface area contributed by atoms with Crippen LogP contribution in [0.2, 0.25) is 5.02 Å². The van der Waals surface area contributed by atoms with Crippen LogP contribution in [0.25, 0.3) is 0 Å². The molecule has 0 aliphatic carbocycles. The van der Waals surface area contributed by atoms with Crippen LogP contribution in [-0.2, 0) is 10.0 Å². The number of para-hydroxylation sites is 1. The fraction of sp³-hybridized carbons (Fsp3) is 0.0500. The van der Waals surface area contributed by atoms with Gasteiger partial charge in [0.25, 0.3) is 15.9 Å². The van der Waals surface area contributed by atoms with E-state index in [-0.39, 0.29) is 21.2 Å². The Kier molecular flexibility index (Phi) is 5.67. The Bertz CT molecular complexity index is 1100. The zero-order chi connectivity index (χ0) is 20.3. The van der Waals surface area contributed by atoms with E-state index in [9.17, 15) is 17.6 Å². The second kappa shape index (κ2) is 8.00. The second-order valence-electron chi connectivity index (χ2n) is 5.89. The molecule has 0 aliphatic heterocycles. The maximum absolute atomic E-state index is 13.9. The molecular formula is C20H16ClFN2O3S. The van der Waals surface area contributed by atoms with Crippen LogP contribution in [0.15, 0.2) is 77.7 Å². The first-order chi connectivity index (χ1) is 13.3. The van der Waals surface area contributed by atoms with Gasteiger partial charge in [0, 0.05) is 12.7 Å². The molecule has 28 heavy (non-hydrogen) atoms. The zero-order valence-corrected chi connectivity index (χ0v) is 16.3. The molecule has 0 bridgehead atoms. The molecule has 0 atom stereocenters. The van der Waals surface area contributed by atoms with Crippen LogP contribution < -0.4 is 9.62 Å². The van der Waals surface area contributed by atoms with Crippen LogP contribution in [0.4, 0.5) is 15.8 Å². The first kappa shape index (κ1) is 19.9. The monoisotopic (exact) mass is 418 g/mol. The van der Waals surface area contributed by atoms with Crippen molar-refractivity contribution in [2.75, 3.05) is 16.7 Å². The highest BCUT2D eigenvalue weighted by Crippen LogP contribution is 2.25. The lowest BCUT2D eigenvalue weighted by Gasteiger charge is -2.20. The van der Waals surface area contributed by atoms with Crippen LogP contribution in [0.3, 0.4) is 0 Å². The van der Waals surface area contributed by atoms with Crippen molar-refractivity contribution in [1.82, 2.24) is 0 Å². The molecule has 0 fully saturated rings. The molecule has 3 aromatic rings. The average molecular weight is 419 g/mol. The van der Waals surface area contributed by atoms with Crippen molar-refractivity contribution >= 4 is 38.9 Å². The number of halogens is 2. The van der Waals surface area contributed by atoms with E-state index in [2.05, 4.69) is 5.32 Å². The van der Waals surface area contributed by atoms with E-state index >= 15 is 0 Å². The van der Waals surface area contributed by atoms with Crippen molar-refractivity contribution in [3.63, 3.8) is 0 Å². The summed E-state index contributed by atoms with van der Waals surface area (Å²) in [6.45, 7) is 0. The largest absolute Gasteiger partial charge is 0.322 e. The van der Waals surface area contributed by atoms with Crippen LogP contribution in [0.1, 0.15) is 10.4 Å². The van der Waals surface area contributed by atoms with Crippen molar-refractivity contribution in [2.45, 2.75) is 4.90 Å². The Morgan fingerprint density at radius 3 is 2.36 bits per heavy atom. The van der Waals surface area contributed by atoms with E-state index in [4.69, 9.17) is 11.6 Å². The fourth-order valence-electron chi connectivity index (χ4n) is 2.58. The molecule has 1 amide bonds. The Hall–Kier alpha value is -2.90. The van der Waals surface area contributed by atoms with Crippen LogP contribution in [0, 0.1) is 5.82 Å². The van der Waals surface area contributed by atoms with Gasteiger partial charge in [-0.25, -0.2) is 12.8 Å². The number of sulfonamides is 1. The molecule has 0 saturated carbocycles. The molecule has 0 heterocycles. The molecule has 0 spiro atoms. The summed E-state index contributed by atoms with van der Waals surface area (Å²) in [5.74, 6) is -1.54. The van der Waals surface area contributed by atoms with Gasteiger partial charge in [-0.15, -0.1) is 0 Å². The highest BCUT2D eigenvalue weighted by molar-refractivity contribution is 7.92. The minimum Gasteiger partial charge on any atom is -0.322 e. The van der Waals surface area contributed by atoms with Crippen LogP contribution in [0.5, 0.6) is 0 Å². The highest BCUT2D eigenvalue weighted by Gasteiger charge is 2.22. The molecule has 144 valence electrons. The van der Waals surface area contributed by atoms with Crippen molar-refractivity contribution in [3.05, 3.63) is 89.2 Å². The molecule has 0 saturated heterocycles. The number of rotatable bonds is 5. The van der Waals surface area contributed by atoms with Crippen molar-refractivity contribution < 1.29 is 17.6 Å². The van der Waals surface area contributed by atoms with Gasteiger partial charge in [-0.3, -0.25) is 9.10 Å². The number of hydrogen-bond acceptors (Lipinski definition) is 3. The SMILES string of the molecule is CN(c1ccccc1)S(=O)(=O)c1cccc(NC(=O)c2c(F)cccc2Cl)c1. The molecule has 0 radical (unpaired) electrons. The first-order valence-corrected chi connectivity index (χ1v) is 10.0. The number of hydrogen-bond donors (Lipinski definition) is 1. The Morgan fingerprint density at radius 1 is 1.00 bits per heavy atom. The number of nitrogens with one attached hydrogen (secondary N) is 1. The summed E-state index contributed by atoms with van der Waals surface area (Å²) >= 11 is 5.90. The molecule has 8 heteroatoms. The van der Waals surface area contributed by atoms with Gasteiger partial charge in [-0.05, 0) is 42.5 Å². The van der Waals surface area contributed by atoms with Gasteiger partial charge in [0.05, 0.1) is 21.2 Å². The van der Waals surface area contributed by atoms with Gasteiger partial charge < -0.3 is 5.32 Å². The van der Waals surface area contributed by atoms with Crippen LogP contribution in [-0.4, -0.2) is 21.4 Å². The lowest BCUT2D eigenvalue weighted by molar-refractivity contribution is 0.102. The summed E-state index contributed by atoms with van der Waals surface area (Å²) < 4.78 is 40.8. The quantitative estimate of drug-likeness (QED) is 0.660. The Labute approximate surface area is 167 Å². The van der Waals surface area contributed by atoms with Gasteiger partial charge in [0.15, 0.2) is 0 Å². The molecule has 0 aliphatic rings. The summed E-state index contributed by atoms with van der Waals surface area (Å²) in [5.41, 5.74) is 0.390. The molecule has 1 N–H and O–H groups in total. The van der Waals surface area contributed by atoms with Gasteiger partial charge in [0.1, 0.15) is 5.82 Å². The van der Waals surface area contributed by atoms with Gasteiger partial charge in [-0.2, -0.15) is 0 Å². The van der Waals surface area contributed by atoms with E-state index in [0.717, 1.165) is 10.4 Å². The molecule has 0 aromatic heterocycles. The summed E-state index contributed by atoms with van der Waals surface area (Å²) in [4.78, 5) is 12.4. The summed E-state index contributed by atoms with van der Waals surface area (Å²) in [5, 5.41) is 2.45. The number of anilines is 2. The van der Waals surface area contributed by atoms with Crippen molar-refractivity contribution in [2.24, 2.45) is 0 Å². The lowest BCUT2D eigenvalue weighted by atomic mass is 10.2. The third-order valence-electron chi connectivity index (χ3n) is 4.06. The normalized spacial score (nSPS) is 11.1. The summed E-state index contributed by atoms with van der Waals surface area (Å²) in [6.07, 6.45) is 0. The number of benzene rings is 3. The molecule has 0 unspecified atom stereocenters. The molecule has 3 aromatic carbocycles. The standard InChI is InChI=1S/C20H16ClFN2O3S/c1-24(15-8-3-2-4-9-15)28(26,27)16-10-5-7-14(13-16)23-20(25)19-17(21)11-6-12-18(19)22/h2-13H,1H3,(H,23,25). The highest BCUT2D eigenvalue weighted by atomic mass is 35.5. The fourth-order valence-corrected chi connectivity index (χ4v) is 4.07. The zero-order valence-electron chi connectivity index (χ0n) is 14.8. The second-order valence-corrected chi connectivity index (χ2v) is 8.26. The van der Waals surface area contributed by atoms with Gasteiger partial charge >= 0.3 is 0 Å². The van der Waals surface area contributed by atoms with E-state index in [1.807, 2.05) is 0 Å². The third kappa shape index (κ3) is 4.00. The Balaban J connectivity index is 1.89. The predicted molar refractivity (Wildman–Crippen MR) is 108 cm³/mol. The lowest BCUT2D eigenvalue weighted by Crippen LogP contribution is -2.26. The number of amides is 1. The maximum Gasteiger partial charge on any atom is 0.264 e. The third-order valence-corrected chi connectivity index (χ3v) is 6.16. The summed E-state index contributed by atoms with van der Waals surface area (Å²) in [6, 6.07) is 18.2. The summed E-state index contributed by atoms with van der Waals surface area (Å²) in [7, 11) is -2.41. The maximum atomic E-state index is 13.9. The number of carbonyl (C=O) groups is 1. The number of nitrogens with zero attached hydrogens (tertiary/aromatic N) is 1. The van der Waals surface area contributed by atoms with E-state index in [1.54, 1.807) is 30.3 Å². The van der Waals surface area contributed by atoms with Gasteiger partial charge in [0.2, 0.25) is 0 Å². The van der Waals surface area contributed by atoms with Crippen LogP contribution >= 0.6 is 11.6 Å². The molecular weight excluding hydrogens is 403 g/mol. The van der Waals surface area contributed by atoms with Crippen molar-refractivity contribution in [1.29, 1.82) is 0 Å². The van der Waals surface area contributed by atoms with E-state index in [0.29, 0.717) is 5.69 Å². The molecule has 3 rings (SSSR count). The molecule has 5 nitrogen and oxygen atoms in total. The van der Waals surface area contributed by atoms with Gasteiger partial charge in [-0.1, -0.05) is 41.9 Å². The predicted octanol–water partition coefficient (Wildman–Crippen LogP) is 4.56. The average Bonchev–Trinajstić information content (AvgIpc) is 2.68. The van der Waals surface area contributed by atoms with E-state index < -0.39 is 21.7 Å². The first-order valence-electron chi connectivity index (χ1n) is 8.20. The van der Waals surface area contributed by atoms with E-state index in [1.165, 1.54) is 43.4 Å². The smallest absolute Gasteiger partial charge is 0.264 e. The Morgan fingerprint density at radius 2 is 1.68 bits per heavy atom. The number of carbonyl (C=O) groups excluding carboxylic acids is 1. The topological polar surface area (TPSA) is 66.5 Å². The van der Waals surface area contributed by atoms with Crippen molar-refractivity contribution in [3.8, 4) is 0 Å². The minimum atomic E-state index is -3.85. The minimum absolute atomic E-state index is 0.0173.